The van der Waals surface area contributed by atoms with E-state index in [1.54, 1.807) is 6.07 Å². The summed E-state index contributed by atoms with van der Waals surface area (Å²) in [5.74, 6) is -1.64. The first-order valence-corrected chi connectivity index (χ1v) is 15.3. The van der Waals surface area contributed by atoms with Crippen molar-refractivity contribution >= 4 is 20.9 Å². The van der Waals surface area contributed by atoms with Crippen molar-refractivity contribution in [3.8, 4) is 17.0 Å². The lowest BCUT2D eigenvalue weighted by Gasteiger charge is -2.41. The van der Waals surface area contributed by atoms with Gasteiger partial charge in [-0.2, -0.15) is 0 Å². The van der Waals surface area contributed by atoms with Crippen LogP contribution in [-0.2, 0) is 16.3 Å². The van der Waals surface area contributed by atoms with Gasteiger partial charge in [0.05, 0.1) is 23.2 Å². The number of hydrogen-bond donors (Lipinski definition) is 0. The van der Waals surface area contributed by atoms with E-state index in [-0.39, 0.29) is 23.1 Å². The Morgan fingerprint density at radius 2 is 1.85 bits per heavy atom. The lowest BCUT2D eigenvalue weighted by Crippen LogP contribution is -2.51. The minimum Gasteiger partial charge on any atom is -0.403 e. The SMILES string of the molecule is CC(C)(CCc1cn(C2C=CCCC2)c2nc(-c3ccc(OC(F)(F)F)c(F)c3)ccc12)N1CCS(=O)(=O)CC1. The standard InChI is InChI=1S/C29H33F4N3O3S/c1-28(2,35-14-16-40(37,38)17-15-35)13-12-21-19-36(22-6-4-3-5-7-22)27-23(21)9-10-25(34-27)20-8-11-26(24(30)18-20)39-29(31,32)33/h4,6,8-11,18-19,22H,3,5,7,12-17H2,1-2H3. The Morgan fingerprint density at radius 3 is 2.50 bits per heavy atom. The van der Waals surface area contributed by atoms with Crippen molar-refractivity contribution in [2.45, 2.75) is 63.9 Å². The van der Waals surface area contributed by atoms with E-state index in [0.717, 1.165) is 60.8 Å². The molecular weight excluding hydrogens is 546 g/mol. The molecule has 0 bridgehead atoms. The summed E-state index contributed by atoms with van der Waals surface area (Å²) in [6.45, 7) is 5.34. The van der Waals surface area contributed by atoms with Gasteiger partial charge in [-0.15, -0.1) is 13.2 Å². The van der Waals surface area contributed by atoms with Gasteiger partial charge in [-0.25, -0.2) is 17.8 Å². The molecule has 1 aromatic carbocycles. The normalized spacial score (nSPS) is 20.2. The summed E-state index contributed by atoms with van der Waals surface area (Å²) >= 11 is 0. The van der Waals surface area contributed by atoms with Crippen LogP contribution in [0, 0.1) is 5.82 Å². The molecule has 5 rings (SSSR count). The van der Waals surface area contributed by atoms with Crippen molar-refractivity contribution in [3.63, 3.8) is 0 Å². The number of nitrogens with zero attached hydrogens (tertiary/aromatic N) is 3. The number of fused-ring (bicyclic) bond motifs is 1. The number of benzene rings is 1. The van der Waals surface area contributed by atoms with Gasteiger partial charge in [-0.3, -0.25) is 4.90 Å². The van der Waals surface area contributed by atoms with Gasteiger partial charge in [0, 0.05) is 35.8 Å². The molecule has 11 heteroatoms. The summed E-state index contributed by atoms with van der Waals surface area (Å²) in [4.78, 5) is 7.10. The summed E-state index contributed by atoms with van der Waals surface area (Å²) in [7, 11) is -2.96. The molecule has 1 aliphatic carbocycles. The number of halogens is 4. The van der Waals surface area contributed by atoms with Crippen molar-refractivity contribution in [1.29, 1.82) is 0 Å². The van der Waals surface area contributed by atoms with E-state index in [4.69, 9.17) is 4.98 Å². The zero-order chi connectivity index (χ0) is 28.7. The molecule has 1 aliphatic heterocycles. The molecule has 0 saturated carbocycles. The highest BCUT2D eigenvalue weighted by Gasteiger charge is 2.33. The molecule has 1 atom stereocenters. The molecule has 2 aliphatic rings. The predicted octanol–water partition coefficient (Wildman–Crippen LogP) is 6.46. The third-order valence-corrected chi connectivity index (χ3v) is 9.62. The van der Waals surface area contributed by atoms with Crippen LogP contribution >= 0.6 is 0 Å². The molecule has 2 aromatic heterocycles. The fourth-order valence-corrected chi connectivity index (χ4v) is 6.82. The monoisotopic (exact) mass is 579 g/mol. The molecule has 0 amide bonds. The van der Waals surface area contributed by atoms with Crippen molar-refractivity contribution in [2.24, 2.45) is 0 Å². The molecule has 0 spiro atoms. The van der Waals surface area contributed by atoms with Gasteiger partial charge < -0.3 is 9.30 Å². The smallest absolute Gasteiger partial charge is 0.403 e. The van der Waals surface area contributed by atoms with Crippen LogP contribution < -0.4 is 4.74 Å². The highest BCUT2D eigenvalue weighted by atomic mass is 32.2. The number of hydrogen-bond acceptors (Lipinski definition) is 5. The molecule has 216 valence electrons. The molecule has 3 aromatic rings. The molecular formula is C29H33F4N3O3S. The maximum atomic E-state index is 14.5. The van der Waals surface area contributed by atoms with E-state index >= 15 is 0 Å². The van der Waals surface area contributed by atoms with Crippen LogP contribution in [0.15, 0.2) is 48.7 Å². The zero-order valence-corrected chi connectivity index (χ0v) is 23.4. The van der Waals surface area contributed by atoms with Gasteiger partial charge in [0.15, 0.2) is 21.4 Å². The Balaban J connectivity index is 1.45. The summed E-state index contributed by atoms with van der Waals surface area (Å²) in [5.41, 5.74) is 2.46. The number of alkyl halides is 3. The number of sulfone groups is 1. The van der Waals surface area contributed by atoms with Crippen LogP contribution in [0.1, 0.15) is 51.1 Å². The van der Waals surface area contributed by atoms with E-state index in [1.165, 1.54) is 6.07 Å². The lowest BCUT2D eigenvalue weighted by molar-refractivity contribution is -0.275. The number of aryl methyl sites for hydroxylation is 1. The molecule has 6 nitrogen and oxygen atoms in total. The quantitative estimate of drug-likeness (QED) is 0.237. The predicted molar refractivity (Wildman–Crippen MR) is 146 cm³/mol. The van der Waals surface area contributed by atoms with Crippen molar-refractivity contribution in [2.75, 3.05) is 24.6 Å². The van der Waals surface area contributed by atoms with Crippen molar-refractivity contribution in [1.82, 2.24) is 14.5 Å². The lowest BCUT2D eigenvalue weighted by atomic mass is 9.93. The van der Waals surface area contributed by atoms with Crippen LogP contribution in [0.2, 0.25) is 0 Å². The molecule has 40 heavy (non-hydrogen) atoms. The van der Waals surface area contributed by atoms with E-state index in [0.29, 0.717) is 24.3 Å². The molecule has 3 heterocycles. The molecule has 1 unspecified atom stereocenters. The van der Waals surface area contributed by atoms with Crippen LogP contribution in [0.4, 0.5) is 17.6 Å². The molecule has 0 N–H and O–H groups in total. The second-order valence-corrected chi connectivity index (χ2v) is 13.5. The molecule has 1 saturated heterocycles. The Bertz CT molecular complexity index is 1520. The average molecular weight is 580 g/mol. The van der Waals surface area contributed by atoms with Gasteiger partial charge in [0.25, 0.3) is 0 Å². The fraction of sp³-hybridized carbons (Fsp3) is 0.483. The van der Waals surface area contributed by atoms with Crippen molar-refractivity contribution < 1.29 is 30.7 Å². The van der Waals surface area contributed by atoms with Crippen LogP contribution in [0.25, 0.3) is 22.3 Å². The Labute approximate surface area is 231 Å². The first-order chi connectivity index (χ1) is 18.8. The number of aromatic nitrogens is 2. The third kappa shape index (κ3) is 6.35. The minimum absolute atomic E-state index is 0.118. The van der Waals surface area contributed by atoms with E-state index in [9.17, 15) is 26.0 Å². The highest BCUT2D eigenvalue weighted by Crippen LogP contribution is 2.34. The molecule has 0 radical (unpaired) electrons. The molecule has 1 fully saturated rings. The Kier molecular flexibility index (Phi) is 7.73. The van der Waals surface area contributed by atoms with Crippen LogP contribution in [0.5, 0.6) is 5.75 Å². The number of allylic oxidation sites excluding steroid dienone is 2. The second-order valence-electron chi connectivity index (χ2n) is 11.2. The average Bonchev–Trinajstić information content (AvgIpc) is 3.26. The van der Waals surface area contributed by atoms with Crippen molar-refractivity contribution in [3.05, 3.63) is 60.1 Å². The largest absolute Gasteiger partial charge is 0.573 e. The minimum atomic E-state index is -4.98. The first-order valence-electron chi connectivity index (χ1n) is 13.5. The van der Waals surface area contributed by atoms with Gasteiger partial charge >= 0.3 is 6.36 Å². The van der Waals surface area contributed by atoms with E-state index < -0.39 is 27.8 Å². The van der Waals surface area contributed by atoms with Gasteiger partial charge in [0.2, 0.25) is 0 Å². The van der Waals surface area contributed by atoms with Gasteiger partial charge in [0.1, 0.15) is 5.65 Å². The zero-order valence-electron chi connectivity index (χ0n) is 22.5. The highest BCUT2D eigenvalue weighted by molar-refractivity contribution is 7.91. The van der Waals surface area contributed by atoms with Crippen LogP contribution in [-0.4, -0.2) is 59.4 Å². The summed E-state index contributed by atoms with van der Waals surface area (Å²) in [5, 5.41) is 0.970. The third-order valence-electron chi connectivity index (χ3n) is 8.01. The number of ether oxygens (including phenoxy) is 1. The maximum Gasteiger partial charge on any atom is 0.573 e. The van der Waals surface area contributed by atoms with E-state index in [1.807, 2.05) is 6.07 Å². The summed E-state index contributed by atoms with van der Waals surface area (Å²) < 4.78 is 81.9. The van der Waals surface area contributed by atoms with E-state index in [2.05, 4.69) is 46.4 Å². The Hall–Kier alpha value is -2.92. The summed E-state index contributed by atoms with van der Waals surface area (Å²) in [6.07, 6.45) is 6.07. The van der Waals surface area contributed by atoms with Crippen LogP contribution in [0.3, 0.4) is 0 Å². The second kappa shape index (κ2) is 10.8. The first kappa shape index (κ1) is 28.6. The van der Waals surface area contributed by atoms with Gasteiger partial charge in [-0.1, -0.05) is 12.2 Å². The number of rotatable bonds is 7. The summed E-state index contributed by atoms with van der Waals surface area (Å²) in [6, 6.07) is 7.15. The number of pyridine rings is 1. The fourth-order valence-electron chi connectivity index (χ4n) is 5.62. The van der Waals surface area contributed by atoms with Gasteiger partial charge in [-0.05, 0) is 81.8 Å². The maximum absolute atomic E-state index is 14.5. The topological polar surface area (TPSA) is 64.4 Å². The Morgan fingerprint density at radius 1 is 1.10 bits per heavy atom.